The minimum atomic E-state index is -4.48. The van der Waals surface area contributed by atoms with Gasteiger partial charge in [-0.15, -0.1) is 0 Å². The van der Waals surface area contributed by atoms with E-state index in [-0.39, 0.29) is 12.1 Å². The average molecular weight is 363 g/mol. The van der Waals surface area contributed by atoms with Crippen LogP contribution in [-0.2, 0) is 19.0 Å². The molecule has 1 aromatic heterocycles. The predicted octanol–water partition coefficient (Wildman–Crippen LogP) is 3.51. The van der Waals surface area contributed by atoms with E-state index in [1.165, 1.54) is 11.1 Å². The average Bonchev–Trinajstić information content (AvgIpc) is 3.06. The maximum absolute atomic E-state index is 12.7. The summed E-state index contributed by atoms with van der Waals surface area (Å²) in [5.74, 6) is 0. The molecule has 0 radical (unpaired) electrons. The molecule has 1 aliphatic carbocycles. The standard InChI is InChI=1S/C19H20F3N3O/c20-19(21,22)17-5-8-23-18(24-17)26-16-6-9-25(10-7-16)15-11-13-3-1-2-4-14(13)12-15/h1-5,8,15-16H,6-7,9-12H2. The van der Waals surface area contributed by atoms with Crippen molar-refractivity contribution >= 4 is 0 Å². The first-order chi connectivity index (χ1) is 12.5. The van der Waals surface area contributed by atoms with Crippen LogP contribution in [0.2, 0.25) is 0 Å². The van der Waals surface area contributed by atoms with Gasteiger partial charge in [-0.25, -0.2) is 4.98 Å². The van der Waals surface area contributed by atoms with Crippen molar-refractivity contribution in [3.8, 4) is 6.01 Å². The number of nitrogens with zero attached hydrogens (tertiary/aromatic N) is 3. The smallest absolute Gasteiger partial charge is 0.433 e. The molecule has 1 saturated heterocycles. The molecule has 0 saturated carbocycles. The summed E-state index contributed by atoms with van der Waals surface area (Å²) in [5, 5.41) is 0. The van der Waals surface area contributed by atoms with Crippen molar-refractivity contribution in [1.82, 2.24) is 14.9 Å². The molecule has 0 atom stereocenters. The van der Waals surface area contributed by atoms with E-state index in [0.717, 1.165) is 51.0 Å². The number of ether oxygens (including phenoxy) is 1. The van der Waals surface area contributed by atoms with Gasteiger partial charge in [0.25, 0.3) is 0 Å². The third kappa shape index (κ3) is 3.67. The number of fused-ring (bicyclic) bond motifs is 1. The Kier molecular flexibility index (Phi) is 4.56. The molecule has 2 aliphatic rings. The maximum atomic E-state index is 12.7. The number of hydrogen-bond acceptors (Lipinski definition) is 4. The third-order valence-electron chi connectivity index (χ3n) is 5.22. The molecule has 7 heteroatoms. The monoisotopic (exact) mass is 363 g/mol. The SMILES string of the molecule is FC(F)(F)c1ccnc(OC2CCN(C3Cc4ccccc4C3)CC2)n1. The van der Waals surface area contributed by atoms with E-state index in [1.54, 1.807) is 0 Å². The van der Waals surface area contributed by atoms with Gasteiger partial charge in [0.1, 0.15) is 6.10 Å². The van der Waals surface area contributed by atoms with Gasteiger partial charge in [-0.3, -0.25) is 4.90 Å². The summed E-state index contributed by atoms with van der Waals surface area (Å²) in [5.41, 5.74) is 1.88. The number of halogens is 3. The fourth-order valence-corrected chi connectivity index (χ4v) is 3.86. The van der Waals surface area contributed by atoms with Crippen molar-refractivity contribution < 1.29 is 17.9 Å². The van der Waals surface area contributed by atoms with E-state index in [9.17, 15) is 13.2 Å². The van der Waals surface area contributed by atoms with Gasteiger partial charge in [0.15, 0.2) is 5.69 Å². The highest BCUT2D eigenvalue weighted by Crippen LogP contribution is 2.30. The van der Waals surface area contributed by atoms with Crippen molar-refractivity contribution in [3.63, 3.8) is 0 Å². The highest BCUT2D eigenvalue weighted by molar-refractivity contribution is 5.33. The summed E-state index contributed by atoms with van der Waals surface area (Å²) < 4.78 is 43.8. The van der Waals surface area contributed by atoms with Crippen LogP contribution in [-0.4, -0.2) is 40.1 Å². The van der Waals surface area contributed by atoms with Crippen LogP contribution in [0.15, 0.2) is 36.5 Å². The largest absolute Gasteiger partial charge is 0.460 e. The molecule has 0 amide bonds. The van der Waals surface area contributed by atoms with Crippen molar-refractivity contribution in [2.45, 2.75) is 44.0 Å². The fraction of sp³-hybridized carbons (Fsp3) is 0.474. The van der Waals surface area contributed by atoms with E-state index >= 15 is 0 Å². The molecule has 26 heavy (non-hydrogen) atoms. The van der Waals surface area contributed by atoms with Gasteiger partial charge in [0.05, 0.1) is 0 Å². The summed E-state index contributed by atoms with van der Waals surface area (Å²) in [4.78, 5) is 9.78. The second-order valence-corrected chi connectivity index (χ2v) is 6.91. The number of aromatic nitrogens is 2. The Balaban J connectivity index is 1.32. The van der Waals surface area contributed by atoms with E-state index in [2.05, 4.69) is 39.1 Å². The van der Waals surface area contributed by atoms with E-state index in [4.69, 9.17) is 4.74 Å². The molecule has 0 unspecified atom stereocenters. The molecule has 0 bridgehead atoms. The lowest BCUT2D eigenvalue weighted by Crippen LogP contribution is -2.44. The van der Waals surface area contributed by atoms with Crippen LogP contribution in [0.5, 0.6) is 6.01 Å². The van der Waals surface area contributed by atoms with Crippen molar-refractivity contribution in [2.75, 3.05) is 13.1 Å². The first-order valence-corrected chi connectivity index (χ1v) is 8.87. The van der Waals surface area contributed by atoms with E-state index in [0.29, 0.717) is 6.04 Å². The highest BCUT2D eigenvalue weighted by atomic mass is 19.4. The maximum Gasteiger partial charge on any atom is 0.433 e. The predicted molar refractivity (Wildman–Crippen MR) is 89.9 cm³/mol. The molecule has 1 fully saturated rings. The Morgan fingerprint density at radius 3 is 2.27 bits per heavy atom. The fourth-order valence-electron chi connectivity index (χ4n) is 3.86. The number of piperidine rings is 1. The van der Waals surface area contributed by atoms with Crippen LogP contribution in [0.1, 0.15) is 29.7 Å². The van der Waals surface area contributed by atoms with E-state index < -0.39 is 11.9 Å². The third-order valence-corrected chi connectivity index (χ3v) is 5.22. The van der Waals surface area contributed by atoms with Gasteiger partial charge in [-0.1, -0.05) is 24.3 Å². The molecule has 138 valence electrons. The lowest BCUT2D eigenvalue weighted by molar-refractivity contribution is -0.141. The topological polar surface area (TPSA) is 38.2 Å². The molecular formula is C19H20F3N3O. The van der Waals surface area contributed by atoms with Gasteiger partial charge < -0.3 is 4.74 Å². The summed E-state index contributed by atoms with van der Waals surface area (Å²) in [6.07, 6.45) is 0.145. The van der Waals surface area contributed by atoms with Crippen LogP contribution in [0.3, 0.4) is 0 Å². The molecule has 1 aromatic carbocycles. The van der Waals surface area contributed by atoms with Gasteiger partial charge in [0, 0.05) is 25.3 Å². The molecule has 2 heterocycles. The van der Waals surface area contributed by atoms with Gasteiger partial charge in [0.2, 0.25) is 0 Å². The van der Waals surface area contributed by atoms with Crippen LogP contribution in [0.4, 0.5) is 13.2 Å². The van der Waals surface area contributed by atoms with Crippen LogP contribution in [0, 0.1) is 0 Å². The van der Waals surface area contributed by atoms with Gasteiger partial charge in [-0.05, 0) is 42.9 Å². The van der Waals surface area contributed by atoms with Gasteiger partial charge in [-0.2, -0.15) is 18.2 Å². The zero-order valence-corrected chi connectivity index (χ0v) is 14.2. The molecule has 1 aliphatic heterocycles. The Morgan fingerprint density at radius 1 is 1.00 bits per heavy atom. The van der Waals surface area contributed by atoms with Crippen molar-refractivity contribution in [3.05, 3.63) is 53.3 Å². The van der Waals surface area contributed by atoms with Crippen LogP contribution < -0.4 is 4.74 Å². The lowest BCUT2D eigenvalue weighted by atomic mass is 10.0. The van der Waals surface area contributed by atoms with Crippen LogP contribution >= 0.6 is 0 Å². The summed E-state index contributed by atoms with van der Waals surface area (Å²) in [6.45, 7) is 1.75. The molecule has 0 N–H and O–H groups in total. The minimum absolute atomic E-state index is 0.140. The molecule has 4 nitrogen and oxygen atoms in total. The second kappa shape index (κ2) is 6.87. The highest BCUT2D eigenvalue weighted by Gasteiger charge is 2.34. The second-order valence-electron chi connectivity index (χ2n) is 6.91. The quantitative estimate of drug-likeness (QED) is 0.837. The normalized spacial score (nSPS) is 19.5. The minimum Gasteiger partial charge on any atom is -0.460 e. The molecule has 0 spiro atoms. The Bertz CT molecular complexity index is 748. The van der Waals surface area contributed by atoms with Crippen LogP contribution in [0.25, 0.3) is 0 Å². The Morgan fingerprint density at radius 2 is 1.65 bits per heavy atom. The lowest BCUT2D eigenvalue weighted by Gasteiger charge is -2.35. The number of rotatable bonds is 3. The summed E-state index contributed by atoms with van der Waals surface area (Å²) in [6, 6.07) is 9.72. The zero-order chi connectivity index (χ0) is 18.1. The molecular weight excluding hydrogens is 343 g/mol. The number of benzene rings is 1. The van der Waals surface area contributed by atoms with Crippen molar-refractivity contribution in [1.29, 1.82) is 0 Å². The molecule has 2 aromatic rings. The number of likely N-dealkylation sites (tertiary alicyclic amines) is 1. The Labute approximate surface area is 150 Å². The first-order valence-electron chi connectivity index (χ1n) is 8.87. The first kappa shape index (κ1) is 17.3. The summed E-state index contributed by atoms with van der Waals surface area (Å²) in [7, 11) is 0. The number of hydrogen-bond donors (Lipinski definition) is 0. The van der Waals surface area contributed by atoms with Gasteiger partial charge >= 0.3 is 12.2 Å². The summed E-state index contributed by atoms with van der Waals surface area (Å²) >= 11 is 0. The zero-order valence-electron chi connectivity index (χ0n) is 14.2. The van der Waals surface area contributed by atoms with E-state index in [1.807, 2.05) is 0 Å². The number of alkyl halides is 3. The Hall–Kier alpha value is -2.15. The van der Waals surface area contributed by atoms with Crippen molar-refractivity contribution in [2.24, 2.45) is 0 Å². The molecule has 4 rings (SSSR count).